The van der Waals surface area contributed by atoms with Gasteiger partial charge in [-0.05, 0) is 25.5 Å². The molecule has 150 valence electrons. The lowest BCUT2D eigenvalue weighted by Gasteiger charge is -2.15. The molecule has 8 nitrogen and oxygen atoms in total. The van der Waals surface area contributed by atoms with Crippen LogP contribution in [0.25, 0.3) is 0 Å². The number of nitrogens with one attached hydrogen (secondary N) is 1. The van der Waals surface area contributed by atoms with E-state index in [1.807, 2.05) is 0 Å². The molecular weight excluding hydrogens is 372 g/mol. The summed E-state index contributed by atoms with van der Waals surface area (Å²) in [6.45, 7) is 2.42. The van der Waals surface area contributed by atoms with E-state index in [4.69, 9.17) is 9.47 Å². The summed E-state index contributed by atoms with van der Waals surface area (Å²) in [6.07, 6.45) is 1.08. The minimum Gasteiger partial charge on any atom is -0.490 e. The molecule has 1 aromatic rings. The SMILES string of the molecule is C[C@H](C(=O)Nc1ccc2c(c1)OCCCO2)S(=O)(=O)CCCC(=O)N(C)C. The van der Waals surface area contributed by atoms with Crippen LogP contribution < -0.4 is 14.8 Å². The van der Waals surface area contributed by atoms with Gasteiger partial charge in [-0.25, -0.2) is 8.42 Å². The molecule has 0 radical (unpaired) electrons. The van der Waals surface area contributed by atoms with E-state index in [2.05, 4.69) is 5.32 Å². The monoisotopic (exact) mass is 398 g/mol. The molecule has 1 aromatic carbocycles. The van der Waals surface area contributed by atoms with E-state index in [0.29, 0.717) is 30.4 Å². The second-order valence-electron chi connectivity index (χ2n) is 6.60. The van der Waals surface area contributed by atoms with E-state index in [1.165, 1.54) is 11.8 Å². The number of benzene rings is 1. The van der Waals surface area contributed by atoms with Gasteiger partial charge in [-0.1, -0.05) is 0 Å². The third-order valence-corrected chi connectivity index (χ3v) is 6.39. The zero-order chi connectivity index (χ0) is 20.0. The van der Waals surface area contributed by atoms with E-state index in [-0.39, 0.29) is 24.5 Å². The van der Waals surface area contributed by atoms with Gasteiger partial charge in [0.15, 0.2) is 21.3 Å². The first-order valence-electron chi connectivity index (χ1n) is 8.83. The maximum absolute atomic E-state index is 12.4. The average molecular weight is 398 g/mol. The Hall–Kier alpha value is -2.29. The lowest BCUT2D eigenvalue weighted by atomic mass is 10.2. The molecule has 0 spiro atoms. The molecular formula is C18H26N2O6S. The van der Waals surface area contributed by atoms with Crippen LogP contribution in [0.4, 0.5) is 5.69 Å². The third-order valence-electron chi connectivity index (χ3n) is 4.24. The van der Waals surface area contributed by atoms with Crippen molar-refractivity contribution in [3.8, 4) is 11.5 Å². The van der Waals surface area contributed by atoms with Crippen molar-refractivity contribution in [3.63, 3.8) is 0 Å². The molecule has 0 saturated carbocycles. The van der Waals surface area contributed by atoms with Crippen molar-refractivity contribution >= 4 is 27.3 Å². The second kappa shape index (κ2) is 9.07. The number of anilines is 1. The molecule has 0 fully saturated rings. The van der Waals surface area contributed by atoms with Gasteiger partial charge in [0.2, 0.25) is 11.8 Å². The summed E-state index contributed by atoms with van der Waals surface area (Å²) in [5, 5.41) is 1.39. The maximum atomic E-state index is 12.4. The number of amides is 2. The molecule has 1 aliphatic heterocycles. The Bertz CT molecular complexity index is 791. The number of ether oxygens (including phenoxy) is 2. The number of sulfone groups is 1. The topological polar surface area (TPSA) is 102 Å². The molecule has 0 aliphatic carbocycles. The van der Waals surface area contributed by atoms with E-state index < -0.39 is 21.0 Å². The van der Waals surface area contributed by atoms with Crippen LogP contribution >= 0.6 is 0 Å². The highest BCUT2D eigenvalue weighted by molar-refractivity contribution is 7.92. The number of fused-ring (bicyclic) bond motifs is 1. The lowest BCUT2D eigenvalue weighted by molar-refractivity contribution is -0.128. The van der Waals surface area contributed by atoms with Gasteiger partial charge in [0.1, 0.15) is 5.25 Å². The molecule has 1 aliphatic rings. The third kappa shape index (κ3) is 5.85. The molecule has 1 N–H and O–H groups in total. The Balaban J connectivity index is 1.96. The van der Waals surface area contributed by atoms with Gasteiger partial charge in [-0.2, -0.15) is 0 Å². The van der Waals surface area contributed by atoms with Crippen molar-refractivity contribution < 1.29 is 27.5 Å². The first-order valence-corrected chi connectivity index (χ1v) is 10.5. The summed E-state index contributed by atoms with van der Waals surface area (Å²) < 4.78 is 35.8. The van der Waals surface area contributed by atoms with Crippen molar-refractivity contribution in [1.82, 2.24) is 4.90 Å². The van der Waals surface area contributed by atoms with Crippen molar-refractivity contribution in [2.45, 2.75) is 31.4 Å². The predicted molar refractivity (Wildman–Crippen MR) is 102 cm³/mol. The van der Waals surface area contributed by atoms with Crippen LogP contribution in [-0.2, 0) is 19.4 Å². The summed E-state index contributed by atoms with van der Waals surface area (Å²) in [4.78, 5) is 25.3. The Labute approximate surface area is 159 Å². The van der Waals surface area contributed by atoms with Crippen LogP contribution in [0.15, 0.2) is 18.2 Å². The first-order chi connectivity index (χ1) is 12.7. The van der Waals surface area contributed by atoms with Gasteiger partial charge in [0.25, 0.3) is 0 Å². The van der Waals surface area contributed by atoms with Crippen LogP contribution in [0.5, 0.6) is 11.5 Å². The molecule has 2 rings (SSSR count). The fraction of sp³-hybridized carbons (Fsp3) is 0.556. The molecule has 1 heterocycles. The summed E-state index contributed by atoms with van der Waals surface area (Å²) >= 11 is 0. The number of carbonyl (C=O) groups excluding carboxylic acids is 2. The highest BCUT2D eigenvalue weighted by Gasteiger charge is 2.28. The molecule has 0 bridgehead atoms. The van der Waals surface area contributed by atoms with Gasteiger partial charge >= 0.3 is 0 Å². The molecule has 0 unspecified atom stereocenters. The minimum atomic E-state index is -3.66. The zero-order valence-electron chi connectivity index (χ0n) is 15.9. The van der Waals surface area contributed by atoms with Crippen molar-refractivity contribution in [3.05, 3.63) is 18.2 Å². The molecule has 9 heteroatoms. The number of hydrogen-bond acceptors (Lipinski definition) is 6. The summed E-state index contributed by atoms with van der Waals surface area (Å²) in [7, 11) is -0.436. The largest absolute Gasteiger partial charge is 0.490 e. The van der Waals surface area contributed by atoms with Gasteiger partial charge in [-0.3, -0.25) is 9.59 Å². The standard InChI is InChI=1S/C18H26N2O6S/c1-13(27(23,24)11-4-6-17(21)20(2)3)18(22)19-14-7-8-15-16(12-14)26-10-5-9-25-15/h7-8,12-13H,4-6,9-11H2,1-3H3,(H,19,22)/t13-/m1/s1. The molecule has 0 aromatic heterocycles. The summed E-state index contributed by atoms with van der Waals surface area (Å²) in [5.74, 6) is 0.125. The van der Waals surface area contributed by atoms with Crippen LogP contribution in [0.2, 0.25) is 0 Å². The number of rotatable bonds is 7. The van der Waals surface area contributed by atoms with Gasteiger partial charge in [0.05, 0.1) is 19.0 Å². The Morgan fingerprint density at radius 1 is 1.19 bits per heavy atom. The Morgan fingerprint density at radius 3 is 2.52 bits per heavy atom. The lowest BCUT2D eigenvalue weighted by Crippen LogP contribution is -2.34. The van der Waals surface area contributed by atoms with E-state index in [1.54, 1.807) is 32.3 Å². The quantitative estimate of drug-likeness (QED) is 0.746. The van der Waals surface area contributed by atoms with E-state index in [0.717, 1.165) is 6.42 Å². The van der Waals surface area contributed by atoms with Gasteiger partial charge < -0.3 is 19.7 Å². The van der Waals surface area contributed by atoms with Crippen LogP contribution in [-0.4, -0.2) is 63.4 Å². The van der Waals surface area contributed by atoms with E-state index >= 15 is 0 Å². The van der Waals surface area contributed by atoms with Crippen molar-refractivity contribution in [1.29, 1.82) is 0 Å². The number of hydrogen-bond donors (Lipinski definition) is 1. The summed E-state index contributed by atoms with van der Waals surface area (Å²) in [6, 6.07) is 4.94. The maximum Gasteiger partial charge on any atom is 0.242 e. The second-order valence-corrected chi connectivity index (χ2v) is 9.04. The van der Waals surface area contributed by atoms with Gasteiger partial charge in [-0.15, -0.1) is 0 Å². The van der Waals surface area contributed by atoms with Crippen LogP contribution in [0.1, 0.15) is 26.2 Å². The first kappa shape index (κ1) is 21.0. The van der Waals surface area contributed by atoms with Gasteiger partial charge in [0, 0.05) is 38.7 Å². The number of carbonyl (C=O) groups is 2. The average Bonchev–Trinajstić information content (AvgIpc) is 2.85. The van der Waals surface area contributed by atoms with Crippen LogP contribution in [0, 0.1) is 0 Å². The molecule has 0 saturated heterocycles. The highest BCUT2D eigenvalue weighted by Crippen LogP contribution is 2.32. The zero-order valence-corrected chi connectivity index (χ0v) is 16.7. The molecule has 2 amide bonds. The normalized spacial score (nSPS) is 14.8. The van der Waals surface area contributed by atoms with Crippen molar-refractivity contribution in [2.24, 2.45) is 0 Å². The van der Waals surface area contributed by atoms with E-state index in [9.17, 15) is 18.0 Å². The van der Waals surface area contributed by atoms with Crippen molar-refractivity contribution in [2.75, 3.05) is 38.4 Å². The number of nitrogens with zero attached hydrogens (tertiary/aromatic N) is 1. The fourth-order valence-corrected chi connectivity index (χ4v) is 3.76. The highest BCUT2D eigenvalue weighted by atomic mass is 32.2. The smallest absolute Gasteiger partial charge is 0.242 e. The molecule has 27 heavy (non-hydrogen) atoms. The Morgan fingerprint density at radius 2 is 1.85 bits per heavy atom. The minimum absolute atomic E-state index is 0.128. The molecule has 1 atom stereocenters. The fourth-order valence-electron chi connectivity index (χ4n) is 2.47. The summed E-state index contributed by atoms with van der Waals surface area (Å²) in [5.41, 5.74) is 0.439. The van der Waals surface area contributed by atoms with Crippen LogP contribution in [0.3, 0.4) is 0 Å². The Kier molecular flexibility index (Phi) is 7.06. The predicted octanol–water partition coefficient (Wildman–Crippen LogP) is 1.46.